The van der Waals surface area contributed by atoms with E-state index >= 15 is 0 Å². The van der Waals surface area contributed by atoms with Gasteiger partial charge in [-0.25, -0.2) is 0 Å². The van der Waals surface area contributed by atoms with Crippen LogP contribution in [0.5, 0.6) is 5.75 Å². The molecule has 0 fully saturated rings. The lowest BCUT2D eigenvalue weighted by atomic mass is 9.98. The van der Waals surface area contributed by atoms with E-state index in [-0.39, 0.29) is 0 Å². The predicted octanol–water partition coefficient (Wildman–Crippen LogP) is 2.71. The molecule has 0 spiro atoms. The minimum absolute atomic E-state index is 0.539. The molecule has 0 unspecified atom stereocenters. The molecule has 1 rings (SSSR count). The predicted molar refractivity (Wildman–Crippen MR) is 64.5 cm³/mol. The van der Waals surface area contributed by atoms with Crippen molar-refractivity contribution in [3.8, 4) is 5.75 Å². The Morgan fingerprint density at radius 3 is 2.53 bits per heavy atom. The monoisotopic (exact) mass is 207 g/mol. The lowest BCUT2D eigenvalue weighted by molar-refractivity contribution is 0.413. The highest BCUT2D eigenvalue weighted by molar-refractivity contribution is 5.36. The fraction of sp³-hybridized carbons (Fsp3) is 0.538. The van der Waals surface area contributed by atoms with Gasteiger partial charge in [-0.15, -0.1) is 0 Å². The Labute approximate surface area is 92.4 Å². The average Bonchev–Trinajstić information content (AvgIpc) is 2.25. The van der Waals surface area contributed by atoms with Gasteiger partial charge in [-0.3, -0.25) is 0 Å². The summed E-state index contributed by atoms with van der Waals surface area (Å²) >= 11 is 0. The molecule has 0 amide bonds. The molecule has 0 radical (unpaired) electrons. The van der Waals surface area contributed by atoms with E-state index in [2.05, 4.69) is 32.0 Å². The first kappa shape index (κ1) is 12.1. The van der Waals surface area contributed by atoms with Crippen molar-refractivity contribution in [3.05, 3.63) is 29.3 Å². The SMILES string of the molecule is COc1cc(CCCN)cc(C(C)C)c1. The molecule has 0 heterocycles. The fourth-order valence-electron chi connectivity index (χ4n) is 1.59. The highest BCUT2D eigenvalue weighted by atomic mass is 16.5. The molecular weight excluding hydrogens is 186 g/mol. The molecule has 0 saturated heterocycles. The molecule has 0 saturated carbocycles. The summed E-state index contributed by atoms with van der Waals surface area (Å²) in [6.07, 6.45) is 2.07. The largest absolute Gasteiger partial charge is 0.497 e. The average molecular weight is 207 g/mol. The molecule has 2 nitrogen and oxygen atoms in total. The number of hydrogen-bond acceptors (Lipinski definition) is 2. The maximum Gasteiger partial charge on any atom is 0.119 e. The standard InChI is InChI=1S/C13H21NO/c1-10(2)12-7-11(5-4-6-14)8-13(9-12)15-3/h7-10H,4-6,14H2,1-3H3. The molecule has 0 aliphatic rings. The molecule has 2 heteroatoms. The van der Waals surface area contributed by atoms with Gasteiger partial charge in [0.05, 0.1) is 7.11 Å². The topological polar surface area (TPSA) is 35.2 Å². The first-order valence-electron chi connectivity index (χ1n) is 5.55. The van der Waals surface area contributed by atoms with Crippen LogP contribution < -0.4 is 10.5 Å². The van der Waals surface area contributed by atoms with Gasteiger partial charge in [0, 0.05) is 0 Å². The highest BCUT2D eigenvalue weighted by Crippen LogP contribution is 2.23. The third-order valence-corrected chi connectivity index (χ3v) is 2.56. The second kappa shape index (κ2) is 5.76. The van der Waals surface area contributed by atoms with Gasteiger partial charge in [-0.2, -0.15) is 0 Å². The summed E-state index contributed by atoms with van der Waals surface area (Å²) in [6.45, 7) is 5.14. The van der Waals surface area contributed by atoms with E-state index < -0.39 is 0 Å². The van der Waals surface area contributed by atoms with Crippen molar-refractivity contribution < 1.29 is 4.74 Å². The van der Waals surface area contributed by atoms with Crippen molar-refractivity contribution in [2.75, 3.05) is 13.7 Å². The molecular formula is C13H21NO. The van der Waals surface area contributed by atoms with E-state index in [9.17, 15) is 0 Å². The molecule has 0 aliphatic heterocycles. The Morgan fingerprint density at radius 1 is 1.27 bits per heavy atom. The van der Waals surface area contributed by atoms with E-state index in [1.807, 2.05) is 0 Å². The second-order valence-corrected chi connectivity index (χ2v) is 4.16. The molecule has 1 aromatic rings. The Kier molecular flexibility index (Phi) is 4.63. The molecule has 84 valence electrons. The number of nitrogens with two attached hydrogens (primary N) is 1. The van der Waals surface area contributed by atoms with Crippen molar-refractivity contribution in [2.24, 2.45) is 5.73 Å². The smallest absolute Gasteiger partial charge is 0.119 e. The van der Waals surface area contributed by atoms with Gasteiger partial charge < -0.3 is 10.5 Å². The summed E-state index contributed by atoms with van der Waals surface area (Å²) in [5.74, 6) is 1.49. The highest BCUT2D eigenvalue weighted by Gasteiger charge is 2.04. The zero-order valence-corrected chi connectivity index (χ0v) is 9.92. The Hall–Kier alpha value is -1.02. The Morgan fingerprint density at radius 2 is 2.00 bits per heavy atom. The van der Waals surface area contributed by atoms with Crippen molar-refractivity contribution >= 4 is 0 Å². The first-order valence-corrected chi connectivity index (χ1v) is 5.55. The van der Waals surface area contributed by atoms with Gasteiger partial charge in [-0.1, -0.05) is 19.9 Å². The Bertz CT molecular complexity index is 307. The van der Waals surface area contributed by atoms with Crippen LogP contribution in [0.15, 0.2) is 18.2 Å². The summed E-state index contributed by atoms with van der Waals surface area (Å²) in [5, 5.41) is 0. The van der Waals surface area contributed by atoms with Crippen LogP contribution in [0.4, 0.5) is 0 Å². The maximum atomic E-state index is 5.51. The number of benzene rings is 1. The quantitative estimate of drug-likeness (QED) is 0.805. The van der Waals surface area contributed by atoms with Crippen molar-refractivity contribution in [3.63, 3.8) is 0 Å². The van der Waals surface area contributed by atoms with Crippen LogP contribution in [0.2, 0.25) is 0 Å². The zero-order valence-electron chi connectivity index (χ0n) is 9.92. The van der Waals surface area contributed by atoms with Crippen LogP contribution in [0.1, 0.15) is 37.3 Å². The van der Waals surface area contributed by atoms with Crippen molar-refractivity contribution in [2.45, 2.75) is 32.6 Å². The van der Waals surface area contributed by atoms with E-state index in [4.69, 9.17) is 10.5 Å². The Balaban J connectivity index is 2.90. The third-order valence-electron chi connectivity index (χ3n) is 2.56. The van der Waals surface area contributed by atoms with Crippen LogP contribution in [0, 0.1) is 0 Å². The minimum Gasteiger partial charge on any atom is -0.497 e. The van der Waals surface area contributed by atoms with Gasteiger partial charge in [-0.05, 0) is 48.6 Å². The molecule has 1 aromatic carbocycles. The number of rotatable bonds is 5. The van der Waals surface area contributed by atoms with Gasteiger partial charge in [0.1, 0.15) is 5.75 Å². The minimum atomic E-state index is 0.539. The molecule has 0 atom stereocenters. The van der Waals surface area contributed by atoms with Crippen LogP contribution in [0.3, 0.4) is 0 Å². The van der Waals surface area contributed by atoms with Crippen molar-refractivity contribution in [1.29, 1.82) is 0 Å². The maximum absolute atomic E-state index is 5.51. The number of hydrogen-bond donors (Lipinski definition) is 1. The molecule has 0 aliphatic carbocycles. The summed E-state index contributed by atoms with van der Waals surface area (Å²) in [5.41, 5.74) is 8.17. The van der Waals surface area contributed by atoms with E-state index in [0.717, 1.165) is 25.1 Å². The fourth-order valence-corrected chi connectivity index (χ4v) is 1.59. The second-order valence-electron chi connectivity index (χ2n) is 4.16. The lowest BCUT2D eigenvalue weighted by Crippen LogP contribution is -2.01. The summed E-state index contributed by atoms with van der Waals surface area (Å²) in [7, 11) is 1.71. The first-order chi connectivity index (χ1) is 7.17. The summed E-state index contributed by atoms with van der Waals surface area (Å²) < 4.78 is 5.29. The normalized spacial score (nSPS) is 10.7. The number of ether oxygens (including phenoxy) is 1. The van der Waals surface area contributed by atoms with Gasteiger partial charge in [0.2, 0.25) is 0 Å². The van der Waals surface area contributed by atoms with Crippen LogP contribution in [-0.4, -0.2) is 13.7 Å². The van der Waals surface area contributed by atoms with Crippen LogP contribution >= 0.6 is 0 Å². The molecule has 15 heavy (non-hydrogen) atoms. The van der Waals surface area contributed by atoms with Gasteiger partial charge >= 0.3 is 0 Å². The van der Waals surface area contributed by atoms with E-state index in [1.54, 1.807) is 7.11 Å². The van der Waals surface area contributed by atoms with Crippen molar-refractivity contribution in [1.82, 2.24) is 0 Å². The number of methoxy groups -OCH3 is 1. The molecule has 2 N–H and O–H groups in total. The summed E-state index contributed by atoms with van der Waals surface area (Å²) in [6, 6.07) is 6.46. The zero-order chi connectivity index (χ0) is 11.3. The van der Waals surface area contributed by atoms with E-state index in [1.165, 1.54) is 11.1 Å². The van der Waals surface area contributed by atoms with Crippen LogP contribution in [-0.2, 0) is 6.42 Å². The van der Waals surface area contributed by atoms with Gasteiger partial charge in [0.15, 0.2) is 0 Å². The van der Waals surface area contributed by atoms with E-state index in [0.29, 0.717) is 5.92 Å². The third kappa shape index (κ3) is 3.56. The summed E-state index contributed by atoms with van der Waals surface area (Å²) in [4.78, 5) is 0. The lowest BCUT2D eigenvalue weighted by Gasteiger charge is -2.11. The molecule has 0 aromatic heterocycles. The number of aryl methyl sites for hydroxylation is 1. The van der Waals surface area contributed by atoms with Gasteiger partial charge in [0.25, 0.3) is 0 Å². The molecule has 0 bridgehead atoms. The van der Waals surface area contributed by atoms with Crippen LogP contribution in [0.25, 0.3) is 0 Å².